The topological polar surface area (TPSA) is 87.7 Å². The van der Waals surface area contributed by atoms with E-state index >= 15 is 0 Å². The van der Waals surface area contributed by atoms with Gasteiger partial charge < -0.3 is 20.5 Å². The van der Waals surface area contributed by atoms with Gasteiger partial charge in [-0.2, -0.15) is 0 Å². The van der Waals surface area contributed by atoms with E-state index in [1.165, 1.54) is 0 Å². The van der Waals surface area contributed by atoms with Gasteiger partial charge in [0.15, 0.2) is 0 Å². The molecule has 0 aliphatic carbocycles. The minimum Gasteiger partial charge on any atom is -0.497 e. The van der Waals surface area contributed by atoms with E-state index in [4.69, 9.17) is 4.74 Å². The SMILES string of the molecule is COc1ccc(C(=O)N/C(C(=O)N[C@H](CO)Cc2ccccc2)=C(\Br)c2ccccc2)cc1. The molecule has 0 bridgehead atoms. The van der Waals surface area contributed by atoms with E-state index in [0.717, 1.165) is 11.1 Å². The summed E-state index contributed by atoms with van der Waals surface area (Å²) in [4.78, 5) is 26.1. The van der Waals surface area contributed by atoms with Crippen molar-refractivity contribution in [2.24, 2.45) is 0 Å². The molecule has 0 saturated heterocycles. The summed E-state index contributed by atoms with van der Waals surface area (Å²) in [5.41, 5.74) is 2.12. The zero-order valence-corrected chi connectivity index (χ0v) is 19.7. The van der Waals surface area contributed by atoms with Crippen molar-refractivity contribution < 1.29 is 19.4 Å². The highest BCUT2D eigenvalue weighted by molar-refractivity contribution is 9.15. The highest BCUT2D eigenvalue weighted by Gasteiger charge is 2.22. The predicted molar refractivity (Wildman–Crippen MR) is 132 cm³/mol. The number of carbonyl (C=O) groups is 2. The molecule has 0 saturated carbocycles. The Hall–Kier alpha value is -3.42. The number of nitrogens with one attached hydrogen (secondary N) is 2. The molecule has 0 heterocycles. The second kappa shape index (κ2) is 12.0. The summed E-state index contributed by atoms with van der Waals surface area (Å²) in [5, 5.41) is 15.4. The molecule has 2 amide bonds. The Morgan fingerprint density at radius 3 is 2.09 bits per heavy atom. The lowest BCUT2D eigenvalue weighted by atomic mass is 10.1. The number of hydrogen-bond acceptors (Lipinski definition) is 4. The van der Waals surface area contributed by atoms with E-state index in [1.807, 2.05) is 60.7 Å². The van der Waals surface area contributed by atoms with Gasteiger partial charge in [0.05, 0.1) is 24.2 Å². The second-order valence-electron chi connectivity index (χ2n) is 7.28. The van der Waals surface area contributed by atoms with Crippen LogP contribution in [-0.2, 0) is 11.2 Å². The number of benzene rings is 3. The number of ether oxygens (including phenoxy) is 1. The van der Waals surface area contributed by atoms with Gasteiger partial charge in [-0.3, -0.25) is 9.59 Å². The summed E-state index contributed by atoms with van der Waals surface area (Å²) >= 11 is 3.48. The molecule has 3 rings (SSSR count). The quantitative estimate of drug-likeness (QED) is 0.382. The maximum atomic E-state index is 13.2. The molecule has 0 aromatic heterocycles. The van der Waals surface area contributed by atoms with Crippen molar-refractivity contribution in [1.29, 1.82) is 0 Å². The maximum absolute atomic E-state index is 13.2. The van der Waals surface area contributed by atoms with Crippen LogP contribution in [0.3, 0.4) is 0 Å². The molecular weight excluding hydrogens is 484 g/mol. The van der Waals surface area contributed by atoms with Crippen molar-refractivity contribution in [2.75, 3.05) is 13.7 Å². The number of carbonyl (C=O) groups excluding carboxylic acids is 2. The first-order valence-corrected chi connectivity index (χ1v) is 11.2. The first-order chi connectivity index (χ1) is 16.0. The van der Waals surface area contributed by atoms with Gasteiger partial charge in [0.1, 0.15) is 11.4 Å². The normalized spacial score (nSPS) is 12.3. The van der Waals surface area contributed by atoms with E-state index in [0.29, 0.717) is 22.2 Å². The van der Waals surface area contributed by atoms with Crippen molar-refractivity contribution in [3.05, 3.63) is 107 Å². The number of hydrogen-bond donors (Lipinski definition) is 3. The average Bonchev–Trinajstić information content (AvgIpc) is 2.87. The van der Waals surface area contributed by atoms with Crippen LogP contribution in [0.5, 0.6) is 5.75 Å². The van der Waals surface area contributed by atoms with Gasteiger partial charge in [0.2, 0.25) is 0 Å². The van der Waals surface area contributed by atoms with Crippen LogP contribution in [0.25, 0.3) is 4.48 Å². The molecule has 0 unspecified atom stereocenters. The largest absolute Gasteiger partial charge is 0.497 e. The molecule has 33 heavy (non-hydrogen) atoms. The van der Waals surface area contributed by atoms with E-state index in [-0.39, 0.29) is 12.3 Å². The molecule has 3 aromatic rings. The fourth-order valence-corrected chi connectivity index (χ4v) is 3.73. The Morgan fingerprint density at radius 2 is 1.52 bits per heavy atom. The lowest BCUT2D eigenvalue weighted by molar-refractivity contribution is -0.118. The molecule has 0 fully saturated rings. The summed E-state index contributed by atoms with van der Waals surface area (Å²) in [6, 6.07) is 24.8. The van der Waals surface area contributed by atoms with Gasteiger partial charge in [0, 0.05) is 5.56 Å². The Balaban J connectivity index is 1.86. The van der Waals surface area contributed by atoms with Gasteiger partial charge in [-0.25, -0.2) is 0 Å². The van der Waals surface area contributed by atoms with Crippen LogP contribution in [0, 0.1) is 0 Å². The van der Waals surface area contributed by atoms with E-state index < -0.39 is 17.9 Å². The average molecular weight is 509 g/mol. The smallest absolute Gasteiger partial charge is 0.269 e. The molecule has 3 aromatic carbocycles. The molecular formula is C26H25BrN2O4. The Kier molecular flexibility index (Phi) is 8.80. The lowest BCUT2D eigenvalue weighted by Crippen LogP contribution is -2.43. The van der Waals surface area contributed by atoms with Gasteiger partial charge in [0.25, 0.3) is 11.8 Å². The molecule has 0 aliphatic rings. The molecule has 0 radical (unpaired) electrons. The summed E-state index contributed by atoms with van der Waals surface area (Å²) in [5.74, 6) is -0.334. The number of aliphatic hydroxyl groups is 1. The highest BCUT2D eigenvalue weighted by Crippen LogP contribution is 2.25. The number of rotatable bonds is 9. The van der Waals surface area contributed by atoms with E-state index in [2.05, 4.69) is 26.6 Å². The number of aliphatic hydroxyl groups excluding tert-OH is 1. The van der Waals surface area contributed by atoms with E-state index in [9.17, 15) is 14.7 Å². The molecule has 7 heteroatoms. The Bertz CT molecular complexity index is 1100. The number of halogens is 1. The molecule has 170 valence electrons. The van der Waals surface area contributed by atoms with E-state index in [1.54, 1.807) is 31.4 Å². The van der Waals surface area contributed by atoms with Crippen LogP contribution in [0.1, 0.15) is 21.5 Å². The second-order valence-corrected chi connectivity index (χ2v) is 8.07. The standard InChI is InChI=1S/C26H25BrN2O4/c1-33-22-14-12-20(13-15-22)25(31)29-24(23(27)19-10-6-3-7-11-19)26(32)28-21(17-30)16-18-8-4-2-5-9-18/h2-15,21,30H,16-17H2,1H3,(H,28,32)(H,29,31)/b24-23-/t21-/m0/s1. The third kappa shape index (κ3) is 6.78. The van der Waals surface area contributed by atoms with Gasteiger partial charge in [-0.1, -0.05) is 60.7 Å². The maximum Gasteiger partial charge on any atom is 0.269 e. The Morgan fingerprint density at radius 1 is 0.909 bits per heavy atom. The number of methoxy groups -OCH3 is 1. The Labute approximate surface area is 201 Å². The fraction of sp³-hybridized carbons (Fsp3) is 0.154. The first-order valence-electron chi connectivity index (χ1n) is 10.4. The summed E-state index contributed by atoms with van der Waals surface area (Å²) in [7, 11) is 1.55. The monoisotopic (exact) mass is 508 g/mol. The van der Waals surface area contributed by atoms with Crippen molar-refractivity contribution >= 4 is 32.2 Å². The summed E-state index contributed by atoms with van der Waals surface area (Å²) < 4.78 is 5.56. The van der Waals surface area contributed by atoms with Crippen LogP contribution in [-0.4, -0.2) is 36.7 Å². The molecule has 3 N–H and O–H groups in total. The molecule has 0 aliphatic heterocycles. The van der Waals surface area contributed by atoms with Gasteiger partial charge in [-0.05, 0) is 57.7 Å². The van der Waals surface area contributed by atoms with Crippen molar-refractivity contribution in [3.63, 3.8) is 0 Å². The van der Waals surface area contributed by atoms with Crippen LogP contribution in [0.15, 0.2) is 90.6 Å². The fourth-order valence-electron chi connectivity index (χ4n) is 3.19. The third-order valence-electron chi connectivity index (χ3n) is 4.95. The summed E-state index contributed by atoms with van der Waals surface area (Å²) in [6.07, 6.45) is 0.450. The van der Waals surface area contributed by atoms with Gasteiger partial charge in [-0.15, -0.1) is 0 Å². The highest BCUT2D eigenvalue weighted by atomic mass is 79.9. The zero-order chi connectivity index (χ0) is 23.6. The van der Waals surface area contributed by atoms with Crippen LogP contribution in [0.4, 0.5) is 0 Å². The zero-order valence-electron chi connectivity index (χ0n) is 18.1. The molecule has 6 nitrogen and oxygen atoms in total. The van der Waals surface area contributed by atoms with Crippen LogP contribution < -0.4 is 15.4 Å². The third-order valence-corrected chi connectivity index (χ3v) is 5.80. The molecule has 0 spiro atoms. The van der Waals surface area contributed by atoms with Crippen molar-refractivity contribution in [2.45, 2.75) is 12.5 Å². The van der Waals surface area contributed by atoms with Crippen LogP contribution >= 0.6 is 15.9 Å². The number of amides is 2. The minimum atomic E-state index is -0.524. The first kappa shape index (κ1) is 24.2. The van der Waals surface area contributed by atoms with Crippen molar-refractivity contribution in [1.82, 2.24) is 10.6 Å². The predicted octanol–water partition coefficient (Wildman–Crippen LogP) is 3.91. The summed E-state index contributed by atoms with van der Waals surface area (Å²) in [6.45, 7) is -0.247. The van der Waals surface area contributed by atoms with Crippen LogP contribution in [0.2, 0.25) is 0 Å². The minimum absolute atomic E-state index is 0.0496. The lowest BCUT2D eigenvalue weighted by Gasteiger charge is -2.19. The van der Waals surface area contributed by atoms with Gasteiger partial charge >= 0.3 is 0 Å². The van der Waals surface area contributed by atoms with Crippen molar-refractivity contribution in [3.8, 4) is 5.75 Å². The molecule has 1 atom stereocenters.